The highest BCUT2D eigenvalue weighted by Crippen LogP contribution is 2.29. The quantitative estimate of drug-likeness (QED) is 0.606. The molecule has 3 aromatic rings. The van der Waals surface area contributed by atoms with Crippen LogP contribution in [0.4, 0.5) is 17.5 Å². The van der Waals surface area contributed by atoms with Gasteiger partial charge in [0.25, 0.3) is 0 Å². The van der Waals surface area contributed by atoms with Crippen LogP contribution in [0.1, 0.15) is 25.8 Å². The van der Waals surface area contributed by atoms with Gasteiger partial charge in [0.1, 0.15) is 5.82 Å². The molecule has 26 heavy (non-hydrogen) atoms. The van der Waals surface area contributed by atoms with Crippen molar-refractivity contribution in [2.45, 2.75) is 33.2 Å². The summed E-state index contributed by atoms with van der Waals surface area (Å²) in [5, 5.41) is 7.32. The molecule has 0 aliphatic heterocycles. The summed E-state index contributed by atoms with van der Waals surface area (Å²) in [5.74, 6) is 1.23. The van der Waals surface area contributed by atoms with E-state index in [0.29, 0.717) is 16.8 Å². The van der Waals surface area contributed by atoms with Crippen molar-refractivity contribution in [3.8, 4) is 11.4 Å². The van der Waals surface area contributed by atoms with Crippen molar-refractivity contribution in [1.29, 1.82) is 0 Å². The standard InChI is InChI=1S/C20H22ClN5/c1-4-14(3)23-20-24-17(16-10-5-6-11-22-16)12-18(26-20)25-19-13(2)8-7-9-15(19)21/h5-12,14H,4H2,1-3H3,(H2,23,24,25,26)/t14-/m1/s1. The lowest BCUT2D eigenvalue weighted by Crippen LogP contribution is -2.16. The molecule has 0 saturated heterocycles. The van der Waals surface area contributed by atoms with Gasteiger partial charge in [0.2, 0.25) is 5.95 Å². The Morgan fingerprint density at radius 3 is 2.62 bits per heavy atom. The van der Waals surface area contributed by atoms with E-state index in [2.05, 4.69) is 39.4 Å². The number of anilines is 3. The van der Waals surface area contributed by atoms with Gasteiger partial charge in [0.15, 0.2) is 0 Å². The molecule has 0 aliphatic rings. The van der Waals surface area contributed by atoms with E-state index in [1.807, 2.05) is 49.4 Å². The molecule has 0 fully saturated rings. The number of aryl methyl sites for hydroxylation is 1. The molecule has 6 heteroatoms. The SMILES string of the molecule is CC[C@@H](C)Nc1nc(Nc2c(C)cccc2Cl)cc(-c2ccccn2)n1. The lowest BCUT2D eigenvalue weighted by Gasteiger charge is -2.15. The van der Waals surface area contributed by atoms with Crippen LogP contribution in [0, 0.1) is 6.92 Å². The molecule has 0 spiro atoms. The molecule has 2 aromatic heterocycles. The van der Waals surface area contributed by atoms with Crippen LogP contribution in [-0.2, 0) is 0 Å². The van der Waals surface area contributed by atoms with Gasteiger partial charge in [-0.1, -0.05) is 36.7 Å². The van der Waals surface area contributed by atoms with Crippen LogP contribution in [0.5, 0.6) is 0 Å². The normalized spacial score (nSPS) is 11.8. The smallest absolute Gasteiger partial charge is 0.225 e. The Morgan fingerprint density at radius 2 is 1.92 bits per heavy atom. The highest BCUT2D eigenvalue weighted by atomic mass is 35.5. The Balaban J connectivity index is 2.02. The van der Waals surface area contributed by atoms with Crippen molar-refractivity contribution in [2.24, 2.45) is 0 Å². The van der Waals surface area contributed by atoms with Gasteiger partial charge in [0.05, 0.1) is 22.1 Å². The maximum atomic E-state index is 6.35. The Hall–Kier alpha value is -2.66. The number of hydrogen-bond acceptors (Lipinski definition) is 5. The molecular weight excluding hydrogens is 346 g/mol. The average molecular weight is 368 g/mol. The van der Waals surface area contributed by atoms with Crippen molar-refractivity contribution >= 4 is 29.1 Å². The maximum Gasteiger partial charge on any atom is 0.225 e. The van der Waals surface area contributed by atoms with Gasteiger partial charge in [-0.05, 0) is 44.0 Å². The van der Waals surface area contributed by atoms with Crippen molar-refractivity contribution in [2.75, 3.05) is 10.6 Å². The minimum atomic E-state index is 0.267. The lowest BCUT2D eigenvalue weighted by atomic mass is 10.2. The average Bonchev–Trinajstić information content (AvgIpc) is 2.65. The van der Waals surface area contributed by atoms with E-state index in [4.69, 9.17) is 11.6 Å². The Labute approximate surface area is 158 Å². The predicted molar refractivity (Wildman–Crippen MR) is 108 cm³/mol. The molecule has 0 saturated carbocycles. The second kappa shape index (κ2) is 8.15. The molecule has 134 valence electrons. The molecule has 0 bridgehead atoms. The zero-order valence-corrected chi connectivity index (χ0v) is 15.9. The molecule has 1 aromatic carbocycles. The van der Waals surface area contributed by atoms with Gasteiger partial charge >= 0.3 is 0 Å². The molecule has 2 heterocycles. The molecular formula is C20H22ClN5. The van der Waals surface area contributed by atoms with Crippen LogP contribution in [-0.4, -0.2) is 21.0 Å². The zero-order chi connectivity index (χ0) is 18.5. The molecule has 2 N–H and O–H groups in total. The van der Waals surface area contributed by atoms with Gasteiger partial charge in [-0.2, -0.15) is 4.98 Å². The Morgan fingerprint density at radius 1 is 1.08 bits per heavy atom. The second-order valence-electron chi connectivity index (χ2n) is 6.19. The number of nitrogens with zero attached hydrogens (tertiary/aromatic N) is 3. The summed E-state index contributed by atoms with van der Waals surface area (Å²) < 4.78 is 0. The highest BCUT2D eigenvalue weighted by Gasteiger charge is 2.11. The number of para-hydroxylation sites is 1. The molecule has 0 radical (unpaired) electrons. The van der Waals surface area contributed by atoms with Crippen LogP contribution in [0.3, 0.4) is 0 Å². The van der Waals surface area contributed by atoms with Gasteiger partial charge in [-0.15, -0.1) is 0 Å². The molecule has 5 nitrogen and oxygen atoms in total. The minimum absolute atomic E-state index is 0.267. The summed E-state index contributed by atoms with van der Waals surface area (Å²) >= 11 is 6.35. The topological polar surface area (TPSA) is 62.7 Å². The van der Waals surface area contributed by atoms with Crippen LogP contribution >= 0.6 is 11.6 Å². The fraction of sp³-hybridized carbons (Fsp3) is 0.250. The first-order valence-corrected chi connectivity index (χ1v) is 9.03. The number of benzene rings is 1. The molecule has 0 amide bonds. The third-order valence-corrected chi connectivity index (χ3v) is 4.43. The summed E-state index contributed by atoms with van der Waals surface area (Å²) in [6, 6.07) is 13.7. The monoisotopic (exact) mass is 367 g/mol. The first kappa shape index (κ1) is 18.1. The second-order valence-corrected chi connectivity index (χ2v) is 6.59. The van der Waals surface area contributed by atoms with Crippen molar-refractivity contribution in [1.82, 2.24) is 15.0 Å². The largest absolute Gasteiger partial charge is 0.352 e. The fourth-order valence-corrected chi connectivity index (χ4v) is 2.73. The third-order valence-electron chi connectivity index (χ3n) is 4.12. The number of hydrogen-bond donors (Lipinski definition) is 2. The number of pyridine rings is 1. The maximum absolute atomic E-state index is 6.35. The zero-order valence-electron chi connectivity index (χ0n) is 15.1. The van der Waals surface area contributed by atoms with Gasteiger partial charge in [-0.3, -0.25) is 4.98 Å². The number of rotatable bonds is 6. The van der Waals surface area contributed by atoms with Crippen molar-refractivity contribution < 1.29 is 0 Å². The molecule has 0 aliphatic carbocycles. The van der Waals surface area contributed by atoms with Gasteiger partial charge in [0, 0.05) is 18.3 Å². The minimum Gasteiger partial charge on any atom is -0.352 e. The fourth-order valence-electron chi connectivity index (χ4n) is 2.46. The third kappa shape index (κ3) is 4.29. The van der Waals surface area contributed by atoms with Gasteiger partial charge in [-0.25, -0.2) is 4.98 Å². The summed E-state index contributed by atoms with van der Waals surface area (Å²) in [7, 11) is 0. The first-order valence-electron chi connectivity index (χ1n) is 8.66. The number of nitrogens with one attached hydrogen (secondary N) is 2. The van der Waals surface area contributed by atoms with E-state index in [-0.39, 0.29) is 6.04 Å². The van der Waals surface area contributed by atoms with Crippen molar-refractivity contribution in [3.63, 3.8) is 0 Å². The van der Waals surface area contributed by atoms with Crippen LogP contribution in [0.15, 0.2) is 48.7 Å². The van der Waals surface area contributed by atoms with E-state index in [0.717, 1.165) is 29.1 Å². The van der Waals surface area contributed by atoms with E-state index >= 15 is 0 Å². The van der Waals surface area contributed by atoms with Crippen molar-refractivity contribution in [3.05, 3.63) is 59.2 Å². The van der Waals surface area contributed by atoms with Crippen LogP contribution in [0.2, 0.25) is 5.02 Å². The van der Waals surface area contributed by atoms with E-state index in [1.165, 1.54) is 0 Å². The summed E-state index contributed by atoms with van der Waals surface area (Å²) in [4.78, 5) is 13.6. The molecule has 0 unspecified atom stereocenters. The first-order chi connectivity index (χ1) is 12.6. The lowest BCUT2D eigenvalue weighted by molar-refractivity contribution is 0.753. The van der Waals surface area contributed by atoms with Gasteiger partial charge < -0.3 is 10.6 Å². The summed E-state index contributed by atoms with van der Waals surface area (Å²) in [6.45, 7) is 6.22. The highest BCUT2D eigenvalue weighted by molar-refractivity contribution is 6.33. The summed E-state index contributed by atoms with van der Waals surface area (Å²) in [5.41, 5.74) is 3.43. The molecule has 3 rings (SSSR count). The number of aromatic nitrogens is 3. The van der Waals surface area contributed by atoms with E-state index in [9.17, 15) is 0 Å². The summed E-state index contributed by atoms with van der Waals surface area (Å²) in [6.07, 6.45) is 2.73. The Bertz CT molecular complexity index is 862. The molecule has 1 atom stereocenters. The van der Waals surface area contributed by atoms with Crippen LogP contribution < -0.4 is 10.6 Å². The van der Waals surface area contributed by atoms with Crippen LogP contribution in [0.25, 0.3) is 11.4 Å². The predicted octanol–water partition coefficient (Wildman–Crippen LogP) is 5.45. The van der Waals surface area contributed by atoms with E-state index in [1.54, 1.807) is 6.20 Å². The van der Waals surface area contributed by atoms with E-state index < -0.39 is 0 Å². The Kier molecular flexibility index (Phi) is 5.68. The number of halogens is 1.